The highest BCUT2D eigenvalue weighted by molar-refractivity contribution is 7.10. The van der Waals surface area contributed by atoms with Crippen LogP contribution in [0.2, 0.25) is 0 Å². The number of nitrogens with zero attached hydrogens (tertiary/aromatic N) is 5. The van der Waals surface area contributed by atoms with Gasteiger partial charge in [0.25, 0.3) is 0 Å². The molecule has 0 aliphatic heterocycles. The van der Waals surface area contributed by atoms with Crippen LogP contribution in [0.4, 0.5) is 8.78 Å². The Labute approximate surface area is 181 Å². The van der Waals surface area contributed by atoms with Gasteiger partial charge in [0, 0.05) is 22.4 Å². The number of hydrogen-bond acceptors (Lipinski definition) is 6. The monoisotopic (exact) mass is 437 g/mol. The van der Waals surface area contributed by atoms with E-state index in [-0.39, 0.29) is 12.1 Å². The van der Waals surface area contributed by atoms with E-state index in [0.29, 0.717) is 16.3 Å². The second-order valence-electron chi connectivity index (χ2n) is 7.16. The molecule has 4 aromatic rings. The number of thiazole rings is 1. The highest BCUT2D eigenvalue weighted by atomic mass is 32.1. The quantitative estimate of drug-likeness (QED) is 0.487. The van der Waals surface area contributed by atoms with Gasteiger partial charge in [0.2, 0.25) is 0 Å². The van der Waals surface area contributed by atoms with Gasteiger partial charge < -0.3 is 9.67 Å². The Morgan fingerprint density at radius 1 is 1.16 bits per heavy atom. The molecule has 0 aliphatic rings. The van der Waals surface area contributed by atoms with Crippen LogP contribution in [0.3, 0.4) is 0 Å². The van der Waals surface area contributed by atoms with Crippen LogP contribution in [-0.4, -0.2) is 24.9 Å². The summed E-state index contributed by atoms with van der Waals surface area (Å²) < 4.78 is 30.2. The molecule has 0 radical (unpaired) electrons. The summed E-state index contributed by atoms with van der Waals surface area (Å²) in [5.74, 6) is -2.04. The fraction of sp³-hybridized carbons (Fsp3) is 0.182. The first-order valence-corrected chi connectivity index (χ1v) is 10.2. The van der Waals surface area contributed by atoms with Crippen LogP contribution in [-0.2, 0) is 12.1 Å². The Morgan fingerprint density at radius 3 is 2.55 bits per heavy atom. The molecule has 4 rings (SSSR count). The number of benzene rings is 2. The minimum Gasteiger partial charge on any atom is -0.382 e. The third-order valence-corrected chi connectivity index (χ3v) is 6.23. The number of aromatic nitrogens is 4. The predicted octanol–water partition coefficient (Wildman–Crippen LogP) is 4.24. The van der Waals surface area contributed by atoms with Gasteiger partial charge in [-0.3, -0.25) is 0 Å². The first-order valence-electron chi connectivity index (χ1n) is 9.37. The number of halogens is 2. The van der Waals surface area contributed by atoms with Crippen molar-refractivity contribution in [3.8, 4) is 17.3 Å². The smallest absolute Gasteiger partial charge is 0.129 e. The maximum absolute atomic E-state index is 14.7. The lowest BCUT2D eigenvalue weighted by atomic mass is 9.82. The van der Waals surface area contributed by atoms with Crippen molar-refractivity contribution < 1.29 is 13.9 Å². The maximum Gasteiger partial charge on any atom is 0.129 e. The second-order valence-corrected chi connectivity index (χ2v) is 8.05. The molecule has 2 heterocycles. The summed E-state index contributed by atoms with van der Waals surface area (Å²) in [6.45, 7) is 1.63. The van der Waals surface area contributed by atoms with Gasteiger partial charge >= 0.3 is 0 Å². The van der Waals surface area contributed by atoms with Crippen LogP contribution in [0.15, 0.2) is 60.5 Å². The molecule has 2 aromatic carbocycles. The molecular formula is C22H17F2N5OS. The number of hydrogen-bond donors (Lipinski definition) is 1. The van der Waals surface area contributed by atoms with Gasteiger partial charge in [0.05, 0.1) is 28.9 Å². The summed E-state index contributed by atoms with van der Waals surface area (Å²) in [6.07, 6.45) is 2.80. The molecule has 2 atom stereocenters. The minimum absolute atomic E-state index is 0.0900. The molecule has 0 saturated heterocycles. The van der Waals surface area contributed by atoms with Crippen molar-refractivity contribution in [2.45, 2.75) is 25.0 Å². The summed E-state index contributed by atoms with van der Waals surface area (Å²) in [7, 11) is 0. The molecule has 0 amide bonds. The zero-order chi connectivity index (χ0) is 22.0. The Balaban J connectivity index is 1.74. The van der Waals surface area contributed by atoms with Crippen LogP contribution in [0.25, 0.3) is 11.3 Å². The largest absolute Gasteiger partial charge is 0.382 e. The Morgan fingerprint density at radius 2 is 1.87 bits per heavy atom. The van der Waals surface area contributed by atoms with Gasteiger partial charge in [-0.05, 0) is 30.3 Å². The summed E-state index contributed by atoms with van der Waals surface area (Å²) in [5, 5.41) is 30.5. The molecule has 0 saturated carbocycles. The standard InChI is InChI=1S/C22H17F2N5OS/c1-14(21-28-20(10-31-21)16-4-2-15(9-25)3-5-16)22(30,11-29-12-26-27-13-29)18-8-17(23)6-7-19(18)24/h2-8,10,12-14,30H,11H2,1H3/t14-,22+/m0/s1. The average Bonchev–Trinajstić information content (AvgIpc) is 3.47. The molecule has 31 heavy (non-hydrogen) atoms. The third-order valence-electron chi connectivity index (χ3n) is 5.20. The third kappa shape index (κ3) is 4.08. The van der Waals surface area contributed by atoms with E-state index in [2.05, 4.69) is 21.3 Å². The summed E-state index contributed by atoms with van der Waals surface area (Å²) in [4.78, 5) is 4.63. The van der Waals surface area contributed by atoms with E-state index < -0.39 is 23.2 Å². The lowest BCUT2D eigenvalue weighted by Crippen LogP contribution is -2.37. The van der Waals surface area contributed by atoms with Crippen molar-refractivity contribution >= 4 is 11.3 Å². The zero-order valence-electron chi connectivity index (χ0n) is 16.4. The van der Waals surface area contributed by atoms with Gasteiger partial charge in [0.15, 0.2) is 0 Å². The van der Waals surface area contributed by atoms with Gasteiger partial charge in [-0.15, -0.1) is 21.5 Å². The molecule has 156 valence electrons. The fourth-order valence-electron chi connectivity index (χ4n) is 3.41. The van der Waals surface area contributed by atoms with Crippen molar-refractivity contribution in [2.24, 2.45) is 0 Å². The van der Waals surface area contributed by atoms with Crippen LogP contribution >= 0.6 is 11.3 Å². The molecule has 0 spiro atoms. The van der Waals surface area contributed by atoms with Crippen molar-refractivity contribution in [1.29, 1.82) is 5.26 Å². The maximum atomic E-state index is 14.7. The highest BCUT2D eigenvalue weighted by Gasteiger charge is 2.41. The van der Waals surface area contributed by atoms with Crippen molar-refractivity contribution in [1.82, 2.24) is 19.7 Å². The number of rotatable bonds is 6. The number of nitriles is 1. The van der Waals surface area contributed by atoms with Crippen molar-refractivity contribution in [3.05, 3.63) is 88.3 Å². The van der Waals surface area contributed by atoms with E-state index in [1.54, 1.807) is 31.2 Å². The lowest BCUT2D eigenvalue weighted by molar-refractivity contribution is -0.00837. The average molecular weight is 437 g/mol. The Bertz CT molecular complexity index is 1230. The van der Waals surface area contributed by atoms with Crippen LogP contribution in [0.5, 0.6) is 0 Å². The lowest BCUT2D eigenvalue weighted by Gasteiger charge is -2.34. The molecule has 6 nitrogen and oxygen atoms in total. The van der Waals surface area contributed by atoms with E-state index in [0.717, 1.165) is 23.8 Å². The van der Waals surface area contributed by atoms with Gasteiger partial charge in [-0.2, -0.15) is 5.26 Å². The van der Waals surface area contributed by atoms with Crippen molar-refractivity contribution in [2.75, 3.05) is 0 Å². The topological polar surface area (TPSA) is 87.6 Å². The van der Waals surface area contributed by atoms with Crippen LogP contribution in [0.1, 0.15) is 29.0 Å². The number of aliphatic hydroxyl groups is 1. The van der Waals surface area contributed by atoms with Crippen molar-refractivity contribution in [3.63, 3.8) is 0 Å². The first-order chi connectivity index (χ1) is 14.9. The van der Waals surface area contributed by atoms with E-state index >= 15 is 0 Å². The predicted molar refractivity (Wildman–Crippen MR) is 111 cm³/mol. The van der Waals surface area contributed by atoms with Crippen LogP contribution < -0.4 is 0 Å². The van der Waals surface area contributed by atoms with Gasteiger partial charge in [0.1, 0.15) is 29.9 Å². The van der Waals surface area contributed by atoms with Gasteiger partial charge in [-0.25, -0.2) is 13.8 Å². The fourth-order valence-corrected chi connectivity index (χ4v) is 4.38. The molecule has 0 bridgehead atoms. The van der Waals surface area contributed by atoms with E-state index in [4.69, 9.17) is 5.26 Å². The van der Waals surface area contributed by atoms with Crippen LogP contribution in [0, 0.1) is 23.0 Å². The molecular weight excluding hydrogens is 420 g/mol. The molecule has 0 aliphatic carbocycles. The summed E-state index contributed by atoms with van der Waals surface area (Å²) in [6, 6.07) is 12.1. The second kappa shape index (κ2) is 8.34. The normalized spacial score (nSPS) is 14.0. The SMILES string of the molecule is C[C@@H](c1nc(-c2ccc(C#N)cc2)cs1)[C@](O)(Cn1cnnc1)c1cc(F)ccc1F. The first kappa shape index (κ1) is 20.8. The van der Waals surface area contributed by atoms with E-state index in [1.165, 1.54) is 28.6 Å². The molecule has 9 heteroatoms. The van der Waals surface area contributed by atoms with Gasteiger partial charge in [-0.1, -0.05) is 19.1 Å². The summed E-state index contributed by atoms with van der Waals surface area (Å²) >= 11 is 1.31. The Hall–Kier alpha value is -3.48. The molecule has 1 N–H and O–H groups in total. The summed E-state index contributed by atoms with van der Waals surface area (Å²) in [5.41, 5.74) is 0.0472. The minimum atomic E-state index is -1.81. The Kier molecular flexibility index (Phi) is 5.59. The van der Waals surface area contributed by atoms with E-state index in [9.17, 15) is 13.9 Å². The highest BCUT2D eigenvalue weighted by Crippen LogP contribution is 2.41. The molecule has 2 aromatic heterocycles. The molecule has 0 fully saturated rings. The molecule has 0 unspecified atom stereocenters. The van der Waals surface area contributed by atoms with E-state index in [1.807, 2.05) is 5.38 Å². The zero-order valence-corrected chi connectivity index (χ0v) is 17.2.